The van der Waals surface area contributed by atoms with Crippen molar-refractivity contribution in [3.05, 3.63) is 65.7 Å². The van der Waals surface area contributed by atoms with Crippen molar-refractivity contribution >= 4 is 5.91 Å². The van der Waals surface area contributed by atoms with Gasteiger partial charge in [0.2, 0.25) is 5.91 Å². The Kier molecular flexibility index (Phi) is 4.65. The molecular weight excluding hydrogens is 286 g/mol. The number of rotatable bonds is 6. The number of methoxy groups -OCH3 is 1. The molecule has 0 bridgehead atoms. The Morgan fingerprint density at radius 3 is 2.57 bits per heavy atom. The molecule has 1 saturated carbocycles. The molecule has 0 heterocycles. The van der Waals surface area contributed by atoms with Crippen molar-refractivity contribution in [2.45, 2.75) is 37.6 Å². The third kappa shape index (κ3) is 3.55. The molecule has 0 unspecified atom stereocenters. The maximum Gasteiger partial charge on any atom is 0.221 e. The Balaban J connectivity index is 1.60. The van der Waals surface area contributed by atoms with Crippen LogP contribution < -0.4 is 10.1 Å². The molecular formula is C20H23NO2. The number of amides is 1. The quantitative estimate of drug-likeness (QED) is 0.881. The first-order valence-corrected chi connectivity index (χ1v) is 8.21. The lowest BCUT2D eigenvalue weighted by Gasteiger charge is -2.43. The molecule has 2 aromatic rings. The Hall–Kier alpha value is -2.29. The van der Waals surface area contributed by atoms with Crippen LogP contribution in [-0.4, -0.2) is 13.0 Å². The van der Waals surface area contributed by atoms with E-state index in [1.165, 1.54) is 12.0 Å². The van der Waals surface area contributed by atoms with Gasteiger partial charge in [-0.15, -0.1) is 0 Å². The fourth-order valence-electron chi connectivity index (χ4n) is 3.19. The minimum Gasteiger partial charge on any atom is -0.497 e. The number of hydrogen-bond donors (Lipinski definition) is 1. The van der Waals surface area contributed by atoms with Crippen LogP contribution >= 0.6 is 0 Å². The highest BCUT2D eigenvalue weighted by atomic mass is 16.5. The van der Waals surface area contributed by atoms with Gasteiger partial charge in [0.15, 0.2) is 0 Å². The molecule has 120 valence electrons. The number of benzene rings is 2. The number of aryl methyl sites for hydroxylation is 1. The lowest BCUT2D eigenvalue weighted by atomic mass is 9.71. The smallest absolute Gasteiger partial charge is 0.221 e. The van der Waals surface area contributed by atoms with E-state index in [1.54, 1.807) is 7.11 Å². The van der Waals surface area contributed by atoms with Crippen molar-refractivity contribution in [2.24, 2.45) is 0 Å². The second kappa shape index (κ2) is 6.86. The normalized spacial score (nSPS) is 15.5. The monoisotopic (exact) mass is 309 g/mol. The summed E-state index contributed by atoms with van der Waals surface area (Å²) >= 11 is 0. The zero-order chi connectivity index (χ0) is 16.1. The van der Waals surface area contributed by atoms with Crippen molar-refractivity contribution in [1.82, 2.24) is 5.32 Å². The minimum atomic E-state index is -0.146. The Morgan fingerprint density at radius 1 is 1.13 bits per heavy atom. The molecule has 1 amide bonds. The highest BCUT2D eigenvalue weighted by molar-refractivity contribution is 5.77. The predicted octanol–water partition coefficient (Wildman–Crippen LogP) is 3.82. The molecule has 3 rings (SSSR count). The molecule has 3 nitrogen and oxygen atoms in total. The standard InChI is InChI=1S/C20H23NO2/c1-23-18-10-5-7-16(15-18)11-12-19(22)21-20(13-6-14-20)17-8-3-2-4-9-17/h2-5,7-10,15H,6,11-14H2,1H3,(H,21,22). The summed E-state index contributed by atoms with van der Waals surface area (Å²) in [6.07, 6.45) is 4.46. The van der Waals surface area contributed by atoms with Gasteiger partial charge in [0.1, 0.15) is 5.75 Å². The van der Waals surface area contributed by atoms with Crippen LogP contribution in [0.15, 0.2) is 54.6 Å². The van der Waals surface area contributed by atoms with Crippen LogP contribution in [0.1, 0.15) is 36.8 Å². The molecule has 1 N–H and O–H groups in total. The summed E-state index contributed by atoms with van der Waals surface area (Å²) in [6, 6.07) is 18.2. The Labute approximate surface area is 137 Å². The molecule has 0 atom stereocenters. The van der Waals surface area contributed by atoms with Gasteiger partial charge in [-0.05, 0) is 48.9 Å². The maximum atomic E-state index is 12.4. The van der Waals surface area contributed by atoms with Crippen molar-refractivity contribution < 1.29 is 9.53 Å². The summed E-state index contributed by atoms with van der Waals surface area (Å²) < 4.78 is 5.23. The fraction of sp³-hybridized carbons (Fsp3) is 0.350. The van der Waals surface area contributed by atoms with Crippen molar-refractivity contribution in [1.29, 1.82) is 0 Å². The van der Waals surface area contributed by atoms with E-state index in [0.717, 1.165) is 30.6 Å². The average Bonchev–Trinajstić information content (AvgIpc) is 2.57. The third-order valence-corrected chi connectivity index (χ3v) is 4.69. The number of carbonyl (C=O) groups excluding carboxylic acids is 1. The van der Waals surface area contributed by atoms with Gasteiger partial charge in [-0.3, -0.25) is 4.79 Å². The van der Waals surface area contributed by atoms with E-state index in [9.17, 15) is 4.79 Å². The first kappa shape index (κ1) is 15.6. The van der Waals surface area contributed by atoms with Gasteiger partial charge in [-0.2, -0.15) is 0 Å². The molecule has 0 aliphatic heterocycles. The fourth-order valence-corrected chi connectivity index (χ4v) is 3.19. The van der Waals surface area contributed by atoms with Crippen molar-refractivity contribution in [2.75, 3.05) is 7.11 Å². The Morgan fingerprint density at radius 2 is 1.91 bits per heavy atom. The van der Waals surface area contributed by atoms with Crippen LogP contribution in [0.3, 0.4) is 0 Å². The molecule has 0 saturated heterocycles. The summed E-state index contributed by atoms with van der Waals surface area (Å²) in [5.74, 6) is 0.957. The summed E-state index contributed by atoms with van der Waals surface area (Å²) in [5, 5.41) is 3.27. The second-order valence-electron chi connectivity index (χ2n) is 6.20. The van der Waals surface area contributed by atoms with E-state index in [2.05, 4.69) is 17.4 Å². The van der Waals surface area contributed by atoms with Crippen molar-refractivity contribution in [3.8, 4) is 5.75 Å². The highest BCUT2D eigenvalue weighted by Crippen LogP contribution is 2.41. The summed E-state index contributed by atoms with van der Waals surface area (Å²) in [5.41, 5.74) is 2.20. The van der Waals surface area contributed by atoms with E-state index >= 15 is 0 Å². The zero-order valence-electron chi connectivity index (χ0n) is 13.5. The van der Waals surface area contributed by atoms with Gasteiger partial charge >= 0.3 is 0 Å². The number of carbonyl (C=O) groups is 1. The number of ether oxygens (including phenoxy) is 1. The van der Waals surface area contributed by atoms with Gasteiger partial charge < -0.3 is 10.1 Å². The number of nitrogens with one attached hydrogen (secondary N) is 1. The lowest BCUT2D eigenvalue weighted by Crippen LogP contribution is -2.50. The average molecular weight is 309 g/mol. The minimum absolute atomic E-state index is 0.122. The topological polar surface area (TPSA) is 38.3 Å². The van der Waals surface area contributed by atoms with Gasteiger partial charge in [0.05, 0.1) is 12.6 Å². The first-order chi connectivity index (χ1) is 11.2. The SMILES string of the molecule is COc1cccc(CCC(=O)NC2(c3ccccc3)CCC2)c1. The molecule has 0 radical (unpaired) electrons. The Bertz CT molecular complexity index is 662. The van der Waals surface area contributed by atoms with Crippen LogP contribution in [0, 0.1) is 0 Å². The van der Waals surface area contributed by atoms with E-state index in [0.29, 0.717) is 6.42 Å². The van der Waals surface area contributed by atoms with E-state index < -0.39 is 0 Å². The van der Waals surface area contributed by atoms with Crippen molar-refractivity contribution in [3.63, 3.8) is 0 Å². The maximum absolute atomic E-state index is 12.4. The van der Waals surface area contributed by atoms with E-state index in [1.807, 2.05) is 42.5 Å². The molecule has 0 aromatic heterocycles. The van der Waals surface area contributed by atoms with Gasteiger partial charge in [0.25, 0.3) is 0 Å². The molecule has 3 heteroatoms. The summed E-state index contributed by atoms with van der Waals surface area (Å²) in [4.78, 5) is 12.4. The predicted molar refractivity (Wildman–Crippen MR) is 91.4 cm³/mol. The van der Waals surface area contributed by atoms with E-state index in [4.69, 9.17) is 4.74 Å². The molecule has 23 heavy (non-hydrogen) atoms. The lowest BCUT2D eigenvalue weighted by molar-refractivity contribution is -0.124. The molecule has 0 spiro atoms. The van der Waals surface area contributed by atoms with Gasteiger partial charge in [0, 0.05) is 6.42 Å². The van der Waals surface area contributed by atoms with Crippen LogP contribution in [0.2, 0.25) is 0 Å². The third-order valence-electron chi connectivity index (χ3n) is 4.69. The molecule has 1 aliphatic carbocycles. The van der Waals surface area contributed by atoms with E-state index in [-0.39, 0.29) is 11.4 Å². The van der Waals surface area contributed by atoms with Gasteiger partial charge in [-0.25, -0.2) is 0 Å². The second-order valence-corrected chi connectivity index (χ2v) is 6.20. The first-order valence-electron chi connectivity index (χ1n) is 8.21. The van der Waals surface area contributed by atoms with Crippen LogP contribution in [0.25, 0.3) is 0 Å². The molecule has 2 aromatic carbocycles. The van der Waals surface area contributed by atoms with Gasteiger partial charge in [-0.1, -0.05) is 42.5 Å². The van der Waals surface area contributed by atoms with Crippen LogP contribution in [0.5, 0.6) is 5.75 Å². The van der Waals surface area contributed by atoms with Crippen LogP contribution in [-0.2, 0) is 16.8 Å². The van der Waals surface area contributed by atoms with Crippen LogP contribution in [0.4, 0.5) is 0 Å². The summed E-state index contributed by atoms with van der Waals surface area (Å²) in [6.45, 7) is 0. The molecule has 1 aliphatic rings. The molecule has 1 fully saturated rings. The zero-order valence-corrected chi connectivity index (χ0v) is 13.5. The largest absolute Gasteiger partial charge is 0.497 e. The summed E-state index contributed by atoms with van der Waals surface area (Å²) in [7, 11) is 1.66. The number of hydrogen-bond acceptors (Lipinski definition) is 2. The highest BCUT2D eigenvalue weighted by Gasteiger charge is 2.39.